The Balaban J connectivity index is 1.09. The van der Waals surface area contributed by atoms with E-state index in [1.165, 1.54) is 11.1 Å². The fraction of sp³-hybridized carbons (Fsp3) is 0.265. The molecule has 0 spiro atoms. The average Bonchev–Trinajstić information content (AvgIpc) is 3.90. The summed E-state index contributed by atoms with van der Waals surface area (Å²) in [5.41, 5.74) is 21.7. The molecule has 3 heterocycles. The van der Waals surface area contributed by atoms with E-state index in [0.717, 1.165) is 59.8 Å². The van der Waals surface area contributed by atoms with Crippen molar-refractivity contribution in [3.05, 3.63) is 113 Å². The lowest BCUT2D eigenvalue weighted by Crippen LogP contribution is -2.39. The number of rotatable bonds is 3. The van der Waals surface area contributed by atoms with E-state index in [9.17, 15) is 0 Å². The molecule has 60 heavy (non-hydrogen) atoms. The highest BCUT2D eigenvalue weighted by molar-refractivity contribution is 6.65. The van der Waals surface area contributed by atoms with Crippen LogP contribution in [0, 0.1) is 6.92 Å². The van der Waals surface area contributed by atoms with Crippen molar-refractivity contribution in [1.82, 2.24) is 0 Å². The van der Waals surface area contributed by atoms with E-state index in [1.54, 1.807) is 0 Å². The topological polar surface area (TPSA) is 107 Å². The van der Waals surface area contributed by atoms with Crippen LogP contribution >= 0.6 is 0 Å². The summed E-state index contributed by atoms with van der Waals surface area (Å²) in [6.45, 7) is 21.8. The molecule has 300 valence electrons. The first kappa shape index (κ1) is 38.1. The Bertz CT molecular complexity index is 2520. The summed E-state index contributed by atoms with van der Waals surface area (Å²) in [4.78, 5) is 0. The maximum atomic E-state index is 6.59. The predicted molar refractivity (Wildman–Crippen MR) is 248 cm³/mol. The summed E-state index contributed by atoms with van der Waals surface area (Å²) in [7, 11) is -1.89. The Morgan fingerprint density at radius 3 is 0.833 bits per heavy atom. The van der Waals surface area contributed by atoms with Gasteiger partial charge in [-0.1, -0.05) is 105 Å². The van der Waals surface area contributed by atoms with Gasteiger partial charge in [-0.05, 0) is 126 Å². The van der Waals surface area contributed by atoms with Crippen LogP contribution < -0.4 is 55.8 Å². The van der Waals surface area contributed by atoms with E-state index in [-0.39, 0.29) is 16.2 Å². The lowest BCUT2D eigenvalue weighted by atomic mass is 9.75. The van der Waals surface area contributed by atoms with Crippen LogP contribution in [0.1, 0.15) is 84.6 Å². The summed E-state index contributed by atoms with van der Waals surface area (Å²) >= 11 is 0. The SMILES string of the molecule is Cc1cc(B2Oc3cc4c(cc3O2)c2cc3c(cc2c2cc5c(cc42)OB(c2ccc(C(C)(C)C)c(N)c2)O5)OB(c2ccc(C(C)(C)C)c(N)c2)O3)ccc1C(C)(C)C. The first-order valence-corrected chi connectivity index (χ1v) is 20.8. The molecule has 10 rings (SSSR count). The van der Waals surface area contributed by atoms with Gasteiger partial charge in [0.15, 0.2) is 0 Å². The highest BCUT2D eigenvalue weighted by Crippen LogP contribution is 2.50. The lowest BCUT2D eigenvalue weighted by Gasteiger charge is -2.22. The fourth-order valence-electron chi connectivity index (χ4n) is 9.24. The second kappa shape index (κ2) is 13.0. The third kappa shape index (κ3) is 6.24. The standard InChI is InChI=1S/C49H49B3N2O6/c1-26-17-27(11-14-36(26)47(2,3)4)50-55-41-20-30-31(21-42(41)56-50)33-23-44-46(60-52(58-44)29-13-16-38(40(54)19-29)49(8,9)10)25-35(33)34-24-45-43(22-32(30)34)57-51(59-45)28-12-15-37(39(53)18-28)48(5,6)7/h11-25H,53-54H2,1-10H3. The van der Waals surface area contributed by atoms with E-state index in [1.807, 2.05) is 24.3 Å². The molecule has 3 aliphatic heterocycles. The van der Waals surface area contributed by atoms with Crippen LogP contribution in [0.25, 0.3) is 32.3 Å². The number of nitrogens with two attached hydrogens (primary N) is 2. The molecule has 0 amide bonds. The maximum absolute atomic E-state index is 6.59. The monoisotopic (exact) mass is 794 g/mol. The number of hydrogen-bond acceptors (Lipinski definition) is 8. The Kier molecular flexibility index (Phi) is 8.24. The minimum Gasteiger partial charge on any atom is -0.519 e. The molecule has 7 aromatic carbocycles. The third-order valence-electron chi connectivity index (χ3n) is 12.2. The van der Waals surface area contributed by atoms with Gasteiger partial charge >= 0.3 is 21.4 Å². The Hall–Kier alpha value is -6.09. The quantitative estimate of drug-likeness (QED) is 0.104. The zero-order valence-electron chi connectivity index (χ0n) is 36.0. The van der Waals surface area contributed by atoms with E-state index in [2.05, 4.69) is 136 Å². The molecule has 0 aliphatic carbocycles. The fourth-order valence-corrected chi connectivity index (χ4v) is 9.24. The molecule has 0 saturated heterocycles. The first-order valence-electron chi connectivity index (χ1n) is 20.8. The molecule has 0 fully saturated rings. The molecule has 3 aliphatic rings. The summed E-state index contributed by atoms with van der Waals surface area (Å²) < 4.78 is 39.3. The summed E-state index contributed by atoms with van der Waals surface area (Å²) in [6, 6.07) is 31.0. The molecule has 0 bridgehead atoms. The van der Waals surface area contributed by atoms with Gasteiger partial charge in [-0.2, -0.15) is 0 Å². The van der Waals surface area contributed by atoms with Crippen molar-refractivity contribution < 1.29 is 27.9 Å². The zero-order chi connectivity index (χ0) is 42.2. The molecule has 4 N–H and O–H groups in total. The highest BCUT2D eigenvalue weighted by Gasteiger charge is 2.39. The number of fused-ring (bicyclic) bond motifs is 9. The van der Waals surface area contributed by atoms with Gasteiger partial charge in [-0.25, -0.2) is 0 Å². The van der Waals surface area contributed by atoms with Crippen LogP contribution in [0.3, 0.4) is 0 Å². The van der Waals surface area contributed by atoms with Gasteiger partial charge in [0.25, 0.3) is 0 Å². The summed E-state index contributed by atoms with van der Waals surface area (Å²) in [5.74, 6) is 3.93. The van der Waals surface area contributed by atoms with E-state index in [0.29, 0.717) is 45.9 Å². The van der Waals surface area contributed by atoms with Crippen LogP contribution in [-0.4, -0.2) is 21.4 Å². The van der Waals surface area contributed by atoms with Gasteiger partial charge in [-0.15, -0.1) is 0 Å². The number of nitrogen functional groups attached to an aromatic ring is 2. The average molecular weight is 794 g/mol. The van der Waals surface area contributed by atoms with Crippen molar-refractivity contribution >= 4 is 81.4 Å². The smallest absolute Gasteiger partial charge is 0.519 e. The molecule has 0 aromatic heterocycles. The number of benzene rings is 7. The Labute approximate surface area is 352 Å². The summed E-state index contributed by atoms with van der Waals surface area (Å²) in [6.07, 6.45) is 0. The van der Waals surface area contributed by atoms with Gasteiger partial charge in [0.05, 0.1) is 0 Å². The first-order chi connectivity index (χ1) is 28.3. The number of aryl methyl sites for hydroxylation is 1. The van der Waals surface area contributed by atoms with Crippen molar-refractivity contribution in [2.45, 2.75) is 85.5 Å². The van der Waals surface area contributed by atoms with Crippen LogP contribution in [0.5, 0.6) is 34.5 Å². The molecule has 7 aromatic rings. The lowest BCUT2D eigenvalue weighted by molar-refractivity contribution is 0.518. The maximum Gasteiger partial charge on any atom is 0.632 e. The highest BCUT2D eigenvalue weighted by atomic mass is 16.6. The molecular weight excluding hydrogens is 745 g/mol. The van der Waals surface area contributed by atoms with Gasteiger partial charge in [0, 0.05) is 27.8 Å². The number of anilines is 2. The molecule has 11 heteroatoms. The van der Waals surface area contributed by atoms with Gasteiger partial charge < -0.3 is 39.4 Å². The second-order valence-electron chi connectivity index (χ2n) is 19.8. The molecular formula is C49H49B3N2O6. The Morgan fingerprint density at radius 2 is 0.600 bits per heavy atom. The second-order valence-corrected chi connectivity index (χ2v) is 19.8. The third-order valence-corrected chi connectivity index (χ3v) is 12.2. The molecule has 0 radical (unpaired) electrons. The summed E-state index contributed by atoms with van der Waals surface area (Å²) in [5, 5.41) is 5.86. The van der Waals surface area contributed by atoms with Crippen molar-refractivity contribution in [3.63, 3.8) is 0 Å². The molecule has 0 atom stereocenters. The zero-order valence-corrected chi connectivity index (χ0v) is 36.0. The van der Waals surface area contributed by atoms with Crippen LogP contribution in [0.4, 0.5) is 11.4 Å². The number of hydrogen-bond donors (Lipinski definition) is 2. The normalized spacial score (nSPS) is 14.7. The van der Waals surface area contributed by atoms with Crippen molar-refractivity contribution in [1.29, 1.82) is 0 Å². The van der Waals surface area contributed by atoms with E-state index < -0.39 is 21.4 Å². The van der Waals surface area contributed by atoms with Crippen LogP contribution in [0.15, 0.2) is 91.0 Å². The van der Waals surface area contributed by atoms with Gasteiger partial charge in [0.2, 0.25) is 0 Å². The van der Waals surface area contributed by atoms with E-state index in [4.69, 9.17) is 39.4 Å². The van der Waals surface area contributed by atoms with Crippen LogP contribution in [0.2, 0.25) is 0 Å². The van der Waals surface area contributed by atoms with Gasteiger partial charge in [-0.3, -0.25) is 0 Å². The largest absolute Gasteiger partial charge is 0.632 e. The molecule has 0 unspecified atom stereocenters. The van der Waals surface area contributed by atoms with Crippen molar-refractivity contribution in [2.75, 3.05) is 11.5 Å². The van der Waals surface area contributed by atoms with Crippen molar-refractivity contribution in [2.24, 2.45) is 0 Å². The van der Waals surface area contributed by atoms with Crippen molar-refractivity contribution in [3.8, 4) is 34.5 Å². The van der Waals surface area contributed by atoms with E-state index >= 15 is 0 Å². The molecule has 8 nitrogen and oxygen atoms in total. The Morgan fingerprint density at radius 1 is 0.350 bits per heavy atom. The predicted octanol–water partition coefficient (Wildman–Crippen LogP) is 9.01. The van der Waals surface area contributed by atoms with Gasteiger partial charge in [0.1, 0.15) is 34.5 Å². The molecule has 0 saturated carbocycles. The van der Waals surface area contributed by atoms with Crippen LogP contribution in [-0.2, 0) is 16.2 Å². The minimum atomic E-state index is -0.653. The minimum absolute atomic E-state index is 0.0290.